The van der Waals surface area contributed by atoms with Crippen LogP contribution >= 0.6 is 0 Å². The second-order valence-electron chi connectivity index (χ2n) is 6.36. The fourth-order valence-electron chi connectivity index (χ4n) is 2.79. The lowest BCUT2D eigenvalue weighted by atomic mass is 9.99. The SMILES string of the molecule is CCCCCCCCc1ccc(C(=CCCCCO)C(=O)O)cc1. The maximum Gasteiger partial charge on any atom is 0.335 e. The van der Waals surface area contributed by atoms with E-state index in [2.05, 4.69) is 6.92 Å². The van der Waals surface area contributed by atoms with E-state index in [4.69, 9.17) is 5.11 Å². The highest BCUT2D eigenvalue weighted by atomic mass is 16.4. The number of carboxylic acids is 1. The van der Waals surface area contributed by atoms with E-state index in [0.29, 0.717) is 18.4 Å². The molecule has 0 atom stereocenters. The van der Waals surface area contributed by atoms with Crippen LogP contribution in [0.25, 0.3) is 5.57 Å². The molecular formula is C21H32O3. The third-order valence-electron chi connectivity index (χ3n) is 4.28. The molecule has 0 heterocycles. The molecule has 1 aromatic carbocycles. The standard InChI is InChI=1S/C21H32O3/c1-2-3-4-5-6-8-11-18-13-15-19(16-14-18)20(21(23)24)12-9-7-10-17-22/h12-16,22H,2-11,17H2,1H3,(H,23,24). The van der Waals surface area contributed by atoms with Gasteiger partial charge >= 0.3 is 5.97 Å². The first kappa shape index (κ1) is 20.4. The number of unbranched alkanes of at least 4 members (excludes halogenated alkanes) is 7. The summed E-state index contributed by atoms with van der Waals surface area (Å²) < 4.78 is 0. The summed E-state index contributed by atoms with van der Waals surface area (Å²) in [5.41, 5.74) is 2.40. The molecule has 0 radical (unpaired) electrons. The van der Waals surface area contributed by atoms with Gasteiger partial charge in [0.25, 0.3) is 0 Å². The lowest BCUT2D eigenvalue weighted by molar-refractivity contribution is -0.130. The van der Waals surface area contributed by atoms with Crippen molar-refractivity contribution < 1.29 is 15.0 Å². The minimum atomic E-state index is -0.886. The molecule has 0 spiro atoms. The number of hydrogen-bond acceptors (Lipinski definition) is 2. The molecule has 0 aliphatic heterocycles. The molecule has 3 nitrogen and oxygen atoms in total. The Hall–Kier alpha value is -1.61. The van der Waals surface area contributed by atoms with Crippen molar-refractivity contribution in [1.82, 2.24) is 0 Å². The Labute approximate surface area is 146 Å². The van der Waals surface area contributed by atoms with E-state index in [-0.39, 0.29) is 6.61 Å². The third kappa shape index (κ3) is 8.30. The van der Waals surface area contributed by atoms with Crippen LogP contribution in [0, 0.1) is 0 Å². The first-order chi connectivity index (χ1) is 11.7. The van der Waals surface area contributed by atoms with E-state index >= 15 is 0 Å². The van der Waals surface area contributed by atoms with Crippen molar-refractivity contribution in [3.05, 3.63) is 41.5 Å². The van der Waals surface area contributed by atoms with E-state index in [1.54, 1.807) is 6.08 Å². The molecule has 0 fully saturated rings. The number of carbonyl (C=O) groups is 1. The molecule has 0 aliphatic carbocycles. The summed E-state index contributed by atoms with van der Waals surface area (Å²) in [6.45, 7) is 2.39. The number of rotatable bonds is 13. The van der Waals surface area contributed by atoms with Gasteiger partial charge < -0.3 is 10.2 Å². The van der Waals surface area contributed by atoms with E-state index in [0.717, 1.165) is 18.4 Å². The number of aliphatic hydroxyl groups is 1. The van der Waals surface area contributed by atoms with Crippen molar-refractivity contribution in [3.63, 3.8) is 0 Å². The highest BCUT2D eigenvalue weighted by Crippen LogP contribution is 2.18. The third-order valence-corrected chi connectivity index (χ3v) is 4.28. The van der Waals surface area contributed by atoms with Crippen molar-refractivity contribution >= 4 is 11.5 Å². The van der Waals surface area contributed by atoms with Gasteiger partial charge in [-0.15, -0.1) is 0 Å². The number of aryl methyl sites for hydroxylation is 1. The van der Waals surface area contributed by atoms with E-state index in [1.807, 2.05) is 24.3 Å². The molecule has 3 heteroatoms. The summed E-state index contributed by atoms with van der Waals surface area (Å²) in [5.74, 6) is -0.886. The molecular weight excluding hydrogens is 300 g/mol. The van der Waals surface area contributed by atoms with Gasteiger partial charge in [-0.1, -0.05) is 69.4 Å². The minimum absolute atomic E-state index is 0.156. The van der Waals surface area contributed by atoms with Gasteiger partial charge in [0.1, 0.15) is 0 Å². The van der Waals surface area contributed by atoms with Crippen LogP contribution in [0.2, 0.25) is 0 Å². The summed E-state index contributed by atoms with van der Waals surface area (Å²) in [5, 5.41) is 18.2. The summed E-state index contributed by atoms with van der Waals surface area (Å²) in [7, 11) is 0. The monoisotopic (exact) mass is 332 g/mol. The van der Waals surface area contributed by atoms with Crippen molar-refractivity contribution in [1.29, 1.82) is 0 Å². The topological polar surface area (TPSA) is 57.5 Å². The maximum atomic E-state index is 11.4. The fraction of sp³-hybridized carbons (Fsp3) is 0.571. The maximum absolute atomic E-state index is 11.4. The Morgan fingerprint density at radius 2 is 1.62 bits per heavy atom. The number of aliphatic carboxylic acids is 1. The molecule has 2 N–H and O–H groups in total. The zero-order valence-corrected chi connectivity index (χ0v) is 15.0. The average molecular weight is 332 g/mol. The highest BCUT2D eigenvalue weighted by Gasteiger charge is 2.09. The van der Waals surface area contributed by atoms with Crippen LogP contribution in [-0.2, 0) is 11.2 Å². The van der Waals surface area contributed by atoms with Gasteiger partial charge in [-0.25, -0.2) is 4.79 Å². The largest absolute Gasteiger partial charge is 0.478 e. The minimum Gasteiger partial charge on any atom is -0.478 e. The van der Waals surface area contributed by atoms with Gasteiger partial charge in [-0.2, -0.15) is 0 Å². The lowest BCUT2D eigenvalue weighted by Crippen LogP contribution is -2.00. The Morgan fingerprint density at radius 1 is 0.958 bits per heavy atom. The van der Waals surface area contributed by atoms with Crippen LogP contribution in [0.3, 0.4) is 0 Å². The highest BCUT2D eigenvalue weighted by molar-refractivity contribution is 6.15. The number of benzene rings is 1. The molecule has 24 heavy (non-hydrogen) atoms. The van der Waals surface area contributed by atoms with Gasteiger partial charge in [-0.3, -0.25) is 0 Å². The van der Waals surface area contributed by atoms with E-state index in [1.165, 1.54) is 44.1 Å². The number of hydrogen-bond donors (Lipinski definition) is 2. The smallest absolute Gasteiger partial charge is 0.335 e. The van der Waals surface area contributed by atoms with Gasteiger partial charge in [0, 0.05) is 6.61 Å². The zero-order valence-electron chi connectivity index (χ0n) is 15.0. The van der Waals surface area contributed by atoms with Crippen molar-refractivity contribution in [3.8, 4) is 0 Å². The first-order valence-electron chi connectivity index (χ1n) is 9.32. The Kier molecular flexibility index (Phi) is 10.9. The molecule has 0 amide bonds. The molecule has 1 rings (SSSR count). The van der Waals surface area contributed by atoms with Crippen LogP contribution in [0.1, 0.15) is 75.8 Å². The lowest BCUT2D eigenvalue weighted by Gasteiger charge is -2.06. The molecule has 0 bridgehead atoms. The molecule has 0 unspecified atom stereocenters. The number of carboxylic acid groups (broad SMARTS) is 1. The van der Waals surface area contributed by atoms with E-state index in [9.17, 15) is 9.90 Å². The zero-order chi connectivity index (χ0) is 17.6. The van der Waals surface area contributed by atoms with Crippen LogP contribution in [0.15, 0.2) is 30.3 Å². The normalized spacial score (nSPS) is 11.7. The van der Waals surface area contributed by atoms with Gasteiger partial charge in [0.05, 0.1) is 5.57 Å². The van der Waals surface area contributed by atoms with Gasteiger partial charge in [-0.05, 0) is 43.2 Å². The Balaban J connectivity index is 2.49. The Morgan fingerprint density at radius 3 is 2.25 bits per heavy atom. The van der Waals surface area contributed by atoms with Crippen LogP contribution < -0.4 is 0 Å². The predicted molar refractivity (Wildman–Crippen MR) is 100 cm³/mol. The van der Waals surface area contributed by atoms with Crippen molar-refractivity contribution in [2.24, 2.45) is 0 Å². The average Bonchev–Trinajstić information content (AvgIpc) is 2.58. The first-order valence-corrected chi connectivity index (χ1v) is 9.32. The van der Waals surface area contributed by atoms with Gasteiger partial charge in [0.15, 0.2) is 0 Å². The molecule has 1 aromatic rings. The molecule has 0 aromatic heterocycles. The van der Waals surface area contributed by atoms with Crippen LogP contribution in [0.4, 0.5) is 0 Å². The summed E-state index contributed by atoms with van der Waals surface area (Å²) in [6, 6.07) is 7.93. The Bertz CT molecular complexity index is 488. The number of allylic oxidation sites excluding steroid dienone is 1. The quantitative estimate of drug-likeness (QED) is 0.384. The summed E-state index contributed by atoms with van der Waals surface area (Å²) in [6.07, 6.45) is 12.8. The molecule has 0 saturated heterocycles. The summed E-state index contributed by atoms with van der Waals surface area (Å²) >= 11 is 0. The molecule has 134 valence electrons. The van der Waals surface area contributed by atoms with Crippen molar-refractivity contribution in [2.75, 3.05) is 6.61 Å². The predicted octanol–water partition coefficient (Wildman–Crippen LogP) is 5.22. The van der Waals surface area contributed by atoms with Crippen molar-refractivity contribution in [2.45, 2.75) is 71.1 Å². The van der Waals surface area contributed by atoms with Gasteiger partial charge in [0.2, 0.25) is 0 Å². The van der Waals surface area contributed by atoms with Crippen LogP contribution in [-0.4, -0.2) is 22.8 Å². The number of aliphatic hydroxyl groups excluding tert-OH is 1. The second-order valence-corrected chi connectivity index (χ2v) is 6.36. The van der Waals surface area contributed by atoms with Crippen LogP contribution in [0.5, 0.6) is 0 Å². The molecule has 0 aliphatic rings. The summed E-state index contributed by atoms with van der Waals surface area (Å²) in [4.78, 5) is 11.4. The molecule has 0 saturated carbocycles. The fourth-order valence-corrected chi connectivity index (χ4v) is 2.79. The van der Waals surface area contributed by atoms with E-state index < -0.39 is 5.97 Å². The second kappa shape index (κ2) is 12.8.